The van der Waals surface area contributed by atoms with Crippen LogP contribution in [0.15, 0.2) is 73.1 Å². The van der Waals surface area contributed by atoms with E-state index in [0.29, 0.717) is 22.7 Å². The van der Waals surface area contributed by atoms with Crippen LogP contribution >= 0.6 is 0 Å². The highest BCUT2D eigenvalue weighted by Gasteiger charge is 2.17. The number of carbonyl (C=O) groups is 2. The summed E-state index contributed by atoms with van der Waals surface area (Å²) in [4.78, 5) is 28.9. The van der Waals surface area contributed by atoms with Crippen molar-refractivity contribution in [3.8, 4) is 5.75 Å². The molecule has 0 radical (unpaired) electrons. The zero-order valence-corrected chi connectivity index (χ0v) is 17.3. The summed E-state index contributed by atoms with van der Waals surface area (Å²) in [5.41, 5.74) is 2.65. The van der Waals surface area contributed by atoms with E-state index in [9.17, 15) is 9.59 Å². The van der Waals surface area contributed by atoms with Gasteiger partial charge in [0.2, 0.25) is 0 Å². The fraction of sp³-hybridized carbons (Fsp3) is 0.208. The van der Waals surface area contributed by atoms with Gasteiger partial charge >= 0.3 is 0 Å². The van der Waals surface area contributed by atoms with E-state index in [1.54, 1.807) is 49.5 Å². The van der Waals surface area contributed by atoms with Crippen molar-refractivity contribution < 1.29 is 14.3 Å². The van der Waals surface area contributed by atoms with Gasteiger partial charge in [-0.2, -0.15) is 0 Å². The molecule has 1 aromatic heterocycles. The third kappa shape index (κ3) is 5.44. The zero-order chi connectivity index (χ0) is 21.5. The molecule has 6 heteroatoms. The van der Waals surface area contributed by atoms with Gasteiger partial charge in [0.15, 0.2) is 6.10 Å². The van der Waals surface area contributed by atoms with Crippen LogP contribution in [0, 0.1) is 0 Å². The van der Waals surface area contributed by atoms with Crippen molar-refractivity contribution >= 4 is 23.2 Å². The monoisotopic (exact) mass is 403 g/mol. The largest absolute Gasteiger partial charge is 0.481 e. The number of ether oxygens (including phenoxy) is 1. The molecule has 1 atom stereocenters. The Morgan fingerprint density at radius 2 is 1.63 bits per heavy atom. The lowest BCUT2D eigenvalue weighted by Crippen LogP contribution is -2.30. The van der Waals surface area contributed by atoms with Crippen molar-refractivity contribution in [3.05, 3.63) is 84.2 Å². The number of hydrogen-bond acceptors (Lipinski definition) is 4. The number of hydrogen-bond donors (Lipinski definition) is 2. The van der Waals surface area contributed by atoms with E-state index in [4.69, 9.17) is 4.74 Å². The molecule has 2 aromatic carbocycles. The molecule has 0 bridgehead atoms. The number of anilines is 2. The summed E-state index contributed by atoms with van der Waals surface area (Å²) >= 11 is 0. The molecule has 154 valence electrons. The molecule has 1 unspecified atom stereocenters. The molecule has 0 aliphatic heterocycles. The second-order valence-electron chi connectivity index (χ2n) is 7.22. The van der Waals surface area contributed by atoms with Crippen molar-refractivity contribution in [1.82, 2.24) is 4.98 Å². The molecule has 30 heavy (non-hydrogen) atoms. The molecule has 0 saturated carbocycles. The lowest BCUT2D eigenvalue weighted by molar-refractivity contribution is -0.122. The van der Waals surface area contributed by atoms with Crippen LogP contribution in [0.25, 0.3) is 0 Å². The zero-order valence-electron chi connectivity index (χ0n) is 17.3. The predicted octanol–water partition coefficient (Wildman–Crippen LogP) is 4.86. The van der Waals surface area contributed by atoms with E-state index in [1.165, 1.54) is 6.20 Å². The van der Waals surface area contributed by atoms with Crippen molar-refractivity contribution in [1.29, 1.82) is 0 Å². The summed E-state index contributed by atoms with van der Waals surface area (Å²) in [5, 5.41) is 5.64. The predicted molar refractivity (Wildman–Crippen MR) is 118 cm³/mol. The Hall–Kier alpha value is -3.67. The highest BCUT2D eigenvalue weighted by Crippen LogP contribution is 2.27. The number of amides is 2. The van der Waals surface area contributed by atoms with Crippen LogP contribution < -0.4 is 15.4 Å². The standard InChI is InChI=1S/C24H25N3O3/c1-16(2)21-11-4-5-12-22(21)30-17(3)23(28)26-19-9-6-10-20(14-19)27-24(29)18-8-7-13-25-15-18/h4-17H,1-3H3,(H,26,28)(H,27,29). The van der Waals surface area contributed by atoms with Crippen LogP contribution in [0.3, 0.4) is 0 Å². The average molecular weight is 403 g/mol. The second-order valence-corrected chi connectivity index (χ2v) is 7.22. The maximum absolute atomic E-state index is 12.6. The van der Waals surface area contributed by atoms with E-state index in [-0.39, 0.29) is 17.7 Å². The Kier molecular flexibility index (Phi) is 6.80. The molecular weight excluding hydrogens is 378 g/mol. The third-order valence-electron chi connectivity index (χ3n) is 4.53. The van der Waals surface area contributed by atoms with Gasteiger partial charge in [0.25, 0.3) is 11.8 Å². The fourth-order valence-electron chi connectivity index (χ4n) is 2.93. The minimum Gasteiger partial charge on any atom is -0.481 e. The van der Waals surface area contributed by atoms with Gasteiger partial charge in [0.05, 0.1) is 5.56 Å². The molecule has 2 N–H and O–H groups in total. The Morgan fingerprint density at radius 3 is 2.33 bits per heavy atom. The van der Waals surface area contributed by atoms with Crippen molar-refractivity contribution in [3.63, 3.8) is 0 Å². The molecule has 0 fully saturated rings. The van der Waals surface area contributed by atoms with Crippen LogP contribution in [0.2, 0.25) is 0 Å². The molecule has 0 saturated heterocycles. The number of para-hydroxylation sites is 1. The smallest absolute Gasteiger partial charge is 0.265 e. The first-order chi connectivity index (χ1) is 14.4. The van der Waals surface area contributed by atoms with Crippen LogP contribution in [-0.2, 0) is 4.79 Å². The van der Waals surface area contributed by atoms with Crippen molar-refractivity contribution in [2.45, 2.75) is 32.8 Å². The molecule has 1 heterocycles. The molecule has 2 amide bonds. The van der Waals surface area contributed by atoms with Gasteiger partial charge in [-0.3, -0.25) is 14.6 Å². The number of nitrogens with zero attached hydrogens (tertiary/aromatic N) is 1. The van der Waals surface area contributed by atoms with Crippen LogP contribution in [0.4, 0.5) is 11.4 Å². The van der Waals surface area contributed by atoms with Gasteiger partial charge in [-0.05, 0) is 54.8 Å². The second kappa shape index (κ2) is 9.69. The number of rotatable bonds is 7. The highest BCUT2D eigenvalue weighted by molar-refractivity contribution is 6.04. The van der Waals surface area contributed by atoms with Gasteiger partial charge in [-0.25, -0.2) is 0 Å². The maximum atomic E-state index is 12.6. The average Bonchev–Trinajstić information content (AvgIpc) is 2.74. The Balaban J connectivity index is 1.64. The lowest BCUT2D eigenvalue weighted by atomic mass is 10.0. The highest BCUT2D eigenvalue weighted by atomic mass is 16.5. The first-order valence-electron chi connectivity index (χ1n) is 9.82. The summed E-state index contributed by atoms with van der Waals surface area (Å²) in [6.07, 6.45) is 2.42. The van der Waals surface area contributed by atoms with Gasteiger partial charge in [0.1, 0.15) is 5.75 Å². The van der Waals surface area contributed by atoms with Crippen LogP contribution in [0.5, 0.6) is 5.75 Å². The Morgan fingerprint density at radius 1 is 0.900 bits per heavy atom. The van der Waals surface area contributed by atoms with E-state index < -0.39 is 6.10 Å². The molecule has 0 aliphatic carbocycles. The first kappa shape index (κ1) is 21.0. The Labute approximate surface area is 176 Å². The molecule has 3 aromatic rings. The van der Waals surface area contributed by atoms with Crippen molar-refractivity contribution in [2.75, 3.05) is 10.6 Å². The normalized spacial score (nSPS) is 11.6. The van der Waals surface area contributed by atoms with Crippen molar-refractivity contribution in [2.24, 2.45) is 0 Å². The van der Waals surface area contributed by atoms with Crippen LogP contribution in [0.1, 0.15) is 42.6 Å². The SMILES string of the molecule is CC(Oc1ccccc1C(C)C)C(=O)Nc1cccc(NC(=O)c2cccnc2)c1. The number of aromatic nitrogens is 1. The first-order valence-corrected chi connectivity index (χ1v) is 9.82. The molecule has 3 rings (SSSR count). The summed E-state index contributed by atoms with van der Waals surface area (Å²) < 4.78 is 5.90. The van der Waals surface area contributed by atoms with Gasteiger partial charge < -0.3 is 15.4 Å². The quantitative estimate of drug-likeness (QED) is 0.590. The number of carbonyl (C=O) groups excluding carboxylic acids is 2. The molecule has 6 nitrogen and oxygen atoms in total. The van der Waals surface area contributed by atoms with Crippen LogP contribution in [-0.4, -0.2) is 22.9 Å². The fourth-order valence-corrected chi connectivity index (χ4v) is 2.93. The van der Waals surface area contributed by atoms with Gasteiger partial charge in [-0.15, -0.1) is 0 Å². The minimum absolute atomic E-state index is 0.270. The molecular formula is C24H25N3O3. The number of pyridine rings is 1. The summed E-state index contributed by atoms with van der Waals surface area (Å²) in [6, 6.07) is 18.1. The van der Waals surface area contributed by atoms with E-state index in [0.717, 1.165) is 5.56 Å². The van der Waals surface area contributed by atoms with E-state index in [2.05, 4.69) is 29.5 Å². The minimum atomic E-state index is -0.682. The third-order valence-corrected chi connectivity index (χ3v) is 4.53. The topological polar surface area (TPSA) is 80.3 Å². The van der Waals surface area contributed by atoms with Gasteiger partial charge in [-0.1, -0.05) is 38.1 Å². The summed E-state index contributed by atoms with van der Waals surface area (Å²) in [6.45, 7) is 5.87. The number of benzene rings is 2. The Bertz CT molecular complexity index is 1020. The van der Waals surface area contributed by atoms with Gasteiger partial charge in [0, 0.05) is 23.8 Å². The van der Waals surface area contributed by atoms with E-state index in [1.807, 2.05) is 24.3 Å². The molecule has 0 aliphatic rings. The lowest BCUT2D eigenvalue weighted by Gasteiger charge is -2.19. The number of nitrogens with one attached hydrogen (secondary N) is 2. The van der Waals surface area contributed by atoms with E-state index >= 15 is 0 Å². The summed E-state index contributed by atoms with van der Waals surface area (Å²) in [5.74, 6) is 0.446. The summed E-state index contributed by atoms with van der Waals surface area (Å²) in [7, 11) is 0. The maximum Gasteiger partial charge on any atom is 0.265 e. The molecule has 0 spiro atoms.